The molecule has 5 heteroatoms. The first-order valence-corrected chi connectivity index (χ1v) is 4.24. The fraction of sp³-hybridized carbons (Fsp3) is 0.333. The van der Waals surface area contributed by atoms with Crippen molar-refractivity contribution in [2.24, 2.45) is 0 Å². The smallest absolute Gasteiger partial charge is 0.203 e. The zero-order valence-corrected chi connectivity index (χ0v) is 9.13. The van der Waals surface area contributed by atoms with E-state index in [-0.39, 0.29) is 0 Å². The van der Waals surface area contributed by atoms with Crippen LogP contribution in [0.4, 0.5) is 0 Å². The average molecular weight is 216 g/mol. The van der Waals surface area contributed by atoms with Gasteiger partial charge in [0.2, 0.25) is 5.75 Å². The Hall–Kier alpha value is -1.23. The van der Waals surface area contributed by atoms with Crippen molar-refractivity contribution in [3.05, 3.63) is 12.1 Å². The first-order chi connectivity index (χ1) is 6.76. The Morgan fingerprint density at radius 1 is 0.929 bits per heavy atom. The minimum atomic E-state index is 0.530. The summed E-state index contributed by atoms with van der Waals surface area (Å²) in [6, 6.07) is 3.32. The molecule has 0 saturated carbocycles. The molecule has 1 rings (SSSR count). The molecule has 0 fully saturated rings. The zero-order chi connectivity index (χ0) is 10.6. The summed E-state index contributed by atoms with van der Waals surface area (Å²) in [5.41, 5.74) is 0. The second-order valence-electron chi connectivity index (χ2n) is 2.45. The number of benzene rings is 1. The molecule has 78 valence electrons. The van der Waals surface area contributed by atoms with Crippen molar-refractivity contribution >= 4 is 12.9 Å². The molecule has 0 spiro atoms. The highest BCUT2D eigenvalue weighted by atomic mass is 32.1. The quantitative estimate of drug-likeness (QED) is 0.616. The molecule has 0 aliphatic rings. The summed E-state index contributed by atoms with van der Waals surface area (Å²) in [6.45, 7) is 0. The summed E-state index contributed by atoms with van der Waals surface area (Å²) in [5.74, 6) is 2.14. The third-order valence-corrected chi connectivity index (χ3v) is 1.95. The molecule has 0 atom stereocenters. The molecule has 0 radical (unpaired) electrons. The SMILES string of the molecule is COc1cc(OS)cc(OC)c1OC. The van der Waals surface area contributed by atoms with Gasteiger partial charge in [-0.1, -0.05) is 0 Å². The van der Waals surface area contributed by atoms with Crippen LogP contribution in [0.3, 0.4) is 0 Å². The van der Waals surface area contributed by atoms with Crippen LogP contribution in [0.15, 0.2) is 12.1 Å². The maximum Gasteiger partial charge on any atom is 0.203 e. The van der Waals surface area contributed by atoms with Gasteiger partial charge in [-0.15, -0.1) is 0 Å². The molecule has 0 aliphatic carbocycles. The lowest BCUT2D eigenvalue weighted by Crippen LogP contribution is -1.95. The standard InChI is InChI=1S/C9H12O4S/c1-10-7-4-6(13-14)5-8(11-2)9(7)12-3/h4-5,14H,1-3H3. The Balaban J connectivity index is 3.24. The molecule has 0 heterocycles. The Bertz CT molecular complexity index is 289. The van der Waals surface area contributed by atoms with Gasteiger partial charge in [-0.3, -0.25) is 0 Å². The lowest BCUT2D eigenvalue weighted by molar-refractivity contribution is 0.323. The van der Waals surface area contributed by atoms with Crippen molar-refractivity contribution in [2.75, 3.05) is 21.3 Å². The van der Waals surface area contributed by atoms with E-state index >= 15 is 0 Å². The van der Waals surface area contributed by atoms with Crippen LogP contribution in [0.1, 0.15) is 0 Å². The Kier molecular flexibility index (Phi) is 3.76. The Morgan fingerprint density at radius 3 is 1.71 bits per heavy atom. The first kappa shape index (κ1) is 10.8. The number of thiol groups is 1. The monoisotopic (exact) mass is 216 g/mol. The fourth-order valence-electron chi connectivity index (χ4n) is 1.11. The van der Waals surface area contributed by atoms with E-state index < -0.39 is 0 Å². The van der Waals surface area contributed by atoms with E-state index in [0.717, 1.165) is 0 Å². The maximum atomic E-state index is 5.13. The molecular weight excluding hydrogens is 204 g/mol. The van der Waals surface area contributed by atoms with Crippen molar-refractivity contribution in [2.45, 2.75) is 0 Å². The summed E-state index contributed by atoms with van der Waals surface area (Å²) >= 11 is 3.69. The normalized spacial score (nSPS) is 9.43. The van der Waals surface area contributed by atoms with Gasteiger partial charge in [-0.2, -0.15) is 0 Å². The number of rotatable bonds is 4. The highest BCUT2D eigenvalue weighted by molar-refractivity contribution is 7.75. The summed E-state index contributed by atoms with van der Waals surface area (Å²) in [6.07, 6.45) is 0. The molecule has 0 N–H and O–H groups in total. The summed E-state index contributed by atoms with van der Waals surface area (Å²) in [7, 11) is 4.63. The van der Waals surface area contributed by atoms with Crippen molar-refractivity contribution in [1.82, 2.24) is 0 Å². The Labute approximate surface area is 88.3 Å². The van der Waals surface area contributed by atoms with E-state index in [2.05, 4.69) is 12.9 Å². The van der Waals surface area contributed by atoms with Crippen molar-refractivity contribution in [3.8, 4) is 23.0 Å². The molecule has 0 amide bonds. The van der Waals surface area contributed by atoms with Crippen LogP contribution in [0, 0.1) is 0 Å². The molecule has 0 unspecified atom stereocenters. The minimum absolute atomic E-state index is 0.530. The Morgan fingerprint density at radius 2 is 1.43 bits per heavy atom. The van der Waals surface area contributed by atoms with E-state index in [9.17, 15) is 0 Å². The van der Waals surface area contributed by atoms with E-state index in [4.69, 9.17) is 18.4 Å². The van der Waals surface area contributed by atoms with Gasteiger partial charge in [0, 0.05) is 25.0 Å². The summed E-state index contributed by atoms with van der Waals surface area (Å²) in [5, 5.41) is 0. The van der Waals surface area contributed by atoms with Gasteiger partial charge in [-0.05, 0) is 0 Å². The third kappa shape index (κ3) is 1.98. The van der Waals surface area contributed by atoms with Crippen LogP contribution in [-0.2, 0) is 0 Å². The number of methoxy groups -OCH3 is 3. The predicted molar refractivity (Wildman–Crippen MR) is 55.7 cm³/mol. The van der Waals surface area contributed by atoms with Crippen LogP contribution in [0.25, 0.3) is 0 Å². The third-order valence-electron chi connectivity index (χ3n) is 1.74. The minimum Gasteiger partial charge on any atom is -0.493 e. The lowest BCUT2D eigenvalue weighted by Gasteiger charge is -2.12. The molecule has 1 aromatic carbocycles. The highest BCUT2D eigenvalue weighted by Crippen LogP contribution is 2.40. The molecule has 0 bridgehead atoms. The van der Waals surface area contributed by atoms with Gasteiger partial charge >= 0.3 is 0 Å². The van der Waals surface area contributed by atoms with E-state index in [0.29, 0.717) is 23.0 Å². The molecule has 1 aromatic rings. The number of hydrogen-bond donors (Lipinski definition) is 1. The fourth-order valence-corrected chi connectivity index (χ4v) is 1.22. The van der Waals surface area contributed by atoms with E-state index in [1.54, 1.807) is 33.5 Å². The molecule has 4 nitrogen and oxygen atoms in total. The zero-order valence-electron chi connectivity index (χ0n) is 8.23. The van der Waals surface area contributed by atoms with Gasteiger partial charge in [0.1, 0.15) is 5.75 Å². The van der Waals surface area contributed by atoms with Crippen molar-refractivity contribution < 1.29 is 18.4 Å². The van der Waals surface area contributed by atoms with Gasteiger partial charge < -0.3 is 18.4 Å². The van der Waals surface area contributed by atoms with Crippen LogP contribution in [0.5, 0.6) is 23.0 Å². The van der Waals surface area contributed by atoms with Crippen molar-refractivity contribution in [1.29, 1.82) is 0 Å². The molecular formula is C9H12O4S. The lowest BCUT2D eigenvalue weighted by atomic mass is 10.2. The van der Waals surface area contributed by atoms with E-state index in [1.807, 2.05) is 0 Å². The van der Waals surface area contributed by atoms with Crippen LogP contribution in [-0.4, -0.2) is 21.3 Å². The first-order valence-electron chi connectivity index (χ1n) is 3.88. The largest absolute Gasteiger partial charge is 0.493 e. The molecule has 0 aliphatic heterocycles. The molecule has 0 aromatic heterocycles. The second kappa shape index (κ2) is 4.85. The molecule has 0 saturated heterocycles. The van der Waals surface area contributed by atoms with Crippen LogP contribution in [0.2, 0.25) is 0 Å². The number of hydrogen-bond acceptors (Lipinski definition) is 5. The topological polar surface area (TPSA) is 36.9 Å². The molecule has 14 heavy (non-hydrogen) atoms. The van der Waals surface area contributed by atoms with Crippen LogP contribution >= 0.6 is 12.9 Å². The number of ether oxygens (including phenoxy) is 3. The summed E-state index contributed by atoms with van der Waals surface area (Å²) < 4.78 is 20.1. The van der Waals surface area contributed by atoms with Gasteiger partial charge in [0.25, 0.3) is 0 Å². The highest BCUT2D eigenvalue weighted by Gasteiger charge is 2.13. The van der Waals surface area contributed by atoms with Crippen molar-refractivity contribution in [3.63, 3.8) is 0 Å². The van der Waals surface area contributed by atoms with Crippen LogP contribution < -0.4 is 18.4 Å². The predicted octanol–water partition coefficient (Wildman–Crippen LogP) is 1.94. The average Bonchev–Trinajstić information content (AvgIpc) is 2.26. The van der Waals surface area contributed by atoms with Gasteiger partial charge in [0.05, 0.1) is 21.3 Å². The van der Waals surface area contributed by atoms with Gasteiger partial charge in [-0.25, -0.2) is 0 Å². The van der Waals surface area contributed by atoms with Gasteiger partial charge in [0.15, 0.2) is 11.5 Å². The summed E-state index contributed by atoms with van der Waals surface area (Å²) in [4.78, 5) is 0. The van der Waals surface area contributed by atoms with E-state index in [1.165, 1.54) is 0 Å². The maximum absolute atomic E-state index is 5.13. The second-order valence-corrected chi connectivity index (χ2v) is 2.63.